The quantitative estimate of drug-likeness (QED) is 0.486. The normalized spacial score (nSPS) is 24.9. The highest BCUT2D eigenvalue weighted by Gasteiger charge is 2.08. The van der Waals surface area contributed by atoms with Gasteiger partial charge in [0, 0.05) is 6.54 Å². The van der Waals surface area contributed by atoms with Crippen molar-refractivity contribution >= 4 is 0 Å². The lowest BCUT2D eigenvalue weighted by Crippen LogP contribution is -2.28. The number of nitrogens with one attached hydrogen (secondary N) is 2. The van der Waals surface area contributed by atoms with Crippen LogP contribution in [0.25, 0.3) is 0 Å². The number of rotatable bonds is 4. The van der Waals surface area contributed by atoms with E-state index < -0.39 is 0 Å². The van der Waals surface area contributed by atoms with E-state index in [2.05, 4.69) is 22.8 Å². The smallest absolute Gasteiger partial charge is 0.00142 e. The predicted molar refractivity (Wildman–Crippen MR) is 53.3 cm³/mol. The maximum Gasteiger partial charge on any atom is 0.00142 e. The van der Waals surface area contributed by atoms with E-state index in [1.54, 1.807) is 0 Å². The first kappa shape index (κ1) is 9.75. The molecule has 0 bridgehead atoms. The summed E-state index contributed by atoms with van der Waals surface area (Å²) in [4.78, 5) is 0. The van der Waals surface area contributed by atoms with E-state index in [4.69, 9.17) is 0 Å². The number of hydrogen-bond acceptors (Lipinski definition) is 2. The summed E-state index contributed by atoms with van der Waals surface area (Å²) in [6.07, 6.45) is 8.52. The van der Waals surface area contributed by atoms with Crippen molar-refractivity contribution < 1.29 is 0 Å². The van der Waals surface area contributed by atoms with Crippen LogP contribution < -0.4 is 10.6 Å². The largest absolute Gasteiger partial charge is 0.319 e. The lowest BCUT2D eigenvalue weighted by atomic mass is 9.99. The molecular formula is C10H20N2. The fourth-order valence-electron chi connectivity index (χ4n) is 1.56. The van der Waals surface area contributed by atoms with Gasteiger partial charge in [0.25, 0.3) is 0 Å². The Hall–Kier alpha value is -0.340. The van der Waals surface area contributed by atoms with Gasteiger partial charge in [0.15, 0.2) is 0 Å². The summed E-state index contributed by atoms with van der Waals surface area (Å²) < 4.78 is 0. The highest BCUT2D eigenvalue weighted by molar-refractivity contribution is 4.91. The van der Waals surface area contributed by atoms with E-state index in [9.17, 15) is 0 Å². The van der Waals surface area contributed by atoms with Gasteiger partial charge in [-0.3, -0.25) is 0 Å². The molecule has 1 rings (SSSR count). The van der Waals surface area contributed by atoms with Crippen LogP contribution in [0.1, 0.15) is 19.3 Å². The lowest BCUT2D eigenvalue weighted by molar-refractivity contribution is 0.438. The third-order valence-electron chi connectivity index (χ3n) is 2.30. The van der Waals surface area contributed by atoms with Gasteiger partial charge < -0.3 is 10.6 Å². The molecule has 1 fully saturated rings. The lowest BCUT2D eigenvalue weighted by Gasteiger charge is -2.19. The molecule has 0 aromatic carbocycles. The first-order chi connectivity index (χ1) is 5.93. The Balaban J connectivity index is 2.07. The van der Waals surface area contributed by atoms with Gasteiger partial charge in [-0.2, -0.15) is 0 Å². The molecule has 1 saturated heterocycles. The first-order valence-corrected chi connectivity index (χ1v) is 4.95. The Bertz CT molecular complexity index is 126. The van der Waals surface area contributed by atoms with Crippen LogP contribution in [0.3, 0.4) is 0 Å². The van der Waals surface area contributed by atoms with Crippen molar-refractivity contribution in [3.63, 3.8) is 0 Å². The number of piperidine rings is 1. The molecule has 1 heterocycles. The zero-order chi connectivity index (χ0) is 8.65. The zero-order valence-corrected chi connectivity index (χ0v) is 7.97. The monoisotopic (exact) mass is 168 g/mol. The van der Waals surface area contributed by atoms with E-state index in [0.717, 1.165) is 18.9 Å². The fourth-order valence-corrected chi connectivity index (χ4v) is 1.56. The van der Waals surface area contributed by atoms with Crippen LogP contribution in [0.2, 0.25) is 0 Å². The molecule has 2 nitrogen and oxygen atoms in total. The van der Waals surface area contributed by atoms with E-state index >= 15 is 0 Å². The van der Waals surface area contributed by atoms with Crippen molar-refractivity contribution in [1.29, 1.82) is 0 Å². The predicted octanol–water partition coefficient (Wildman–Crippen LogP) is 1.15. The van der Waals surface area contributed by atoms with E-state index in [-0.39, 0.29) is 0 Å². The van der Waals surface area contributed by atoms with Crippen molar-refractivity contribution in [3.8, 4) is 0 Å². The SMILES string of the molecule is CNCC/C=C/C1CCCNC1. The standard InChI is InChI=1S/C10H20N2/c1-11-7-3-2-5-10-6-4-8-12-9-10/h2,5,10-12H,3-4,6-9H2,1H3/b5-2+. The molecule has 1 aliphatic heterocycles. The molecule has 1 aliphatic rings. The molecule has 1 atom stereocenters. The average molecular weight is 168 g/mol. The summed E-state index contributed by atoms with van der Waals surface area (Å²) in [5.41, 5.74) is 0. The van der Waals surface area contributed by atoms with Crippen molar-refractivity contribution in [2.45, 2.75) is 19.3 Å². The van der Waals surface area contributed by atoms with Crippen molar-refractivity contribution in [1.82, 2.24) is 10.6 Å². The Labute approximate surface area is 75.4 Å². The molecule has 2 N–H and O–H groups in total. The molecule has 0 aromatic heterocycles. The summed E-state index contributed by atoms with van der Waals surface area (Å²) >= 11 is 0. The minimum absolute atomic E-state index is 0.788. The van der Waals surface area contributed by atoms with E-state index in [0.29, 0.717) is 0 Å². The van der Waals surface area contributed by atoms with Gasteiger partial charge >= 0.3 is 0 Å². The second kappa shape index (κ2) is 6.21. The maximum atomic E-state index is 3.41. The minimum atomic E-state index is 0.788. The van der Waals surface area contributed by atoms with Crippen molar-refractivity contribution in [2.24, 2.45) is 5.92 Å². The van der Waals surface area contributed by atoms with Gasteiger partial charge in [-0.15, -0.1) is 0 Å². The second-order valence-electron chi connectivity index (χ2n) is 3.43. The fraction of sp³-hybridized carbons (Fsp3) is 0.800. The van der Waals surface area contributed by atoms with Crippen LogP contribution in [-0.4, -0.2) is 26.7 Å². The molecule has 0 radical (unpaired) electrons. The minimum Gasteiger partial charge on any atom is -0.319 e. The molecule has 70 valence electrons. The summed E-state index contributed by atoms with van der Waals surface area (Å²) in [5, 5.41) is 6.55. The molecule has 0 aliphatic carbocycles. The molecule has 0 aromatic rings. The maximum absolute atomic E-state index is 3.41. The van der Waals surface area contributed by atoms with Crippen LogP contribution >= 0.6 is 0 Å². The van der Waals surface area contributed by atoms with Gasteiger partial charge in [0.2, 0.25) is 0 Å². The Kier molecular flexibility index (Phi) is 5.04. The topological polar surface area (TPSA) is 24.1 Å². The summed E-state index contributed by atoms with van der Waals surface area (Å²) in [6.45, 7) is 3.48. The Morgan fingerprint density at radius 2 is 2.50 bits per heavy atom. The van der Waals surface area contributed by atoms with E-state index in [1.165, 1.54) is 25.9 Å². The first-order valence-electron chi connectivity index (χ1n) is 4.95. The Morgan fingerprint density at radius 3 is 3.17 bits per heavy atom. The highest BCUT2D eigenvalue weighted by atomic mass is 14.9. The van der Waals surface area contributed by atoms with Gasteiger partial charge in [-0.1, -0.05) is 12.2 Å². The molecule has 0 amide bonds. The molecule has 2 heteroatoms. The molecule has 0 saturated carbocycles. The third-order valence-corrected chi connectivity index (χ3v) is 2.30. The van der Waals surface area contributed by atoms with Crippen molar-refractivity contribution in [3.05, 3.63) is 12.2 Å². The van der Waals surface area contributed by atoms with Gasteiger partial charge in [-0.05, 0) is 45.3 Å². The molecule has 1 unspecified atom stereocenters. The summed E-state index contributed by atoms with van der Waals surface area (Å²) in [5.74, 6) is 0.788. The molecule has 12 heavy (non-hydrogen) atoms. The van der Waals surface area contributed by atoms with Gasteiger partial charge in [0.05, 0.1) is 0 Å². The van der Waals surface area contributed by atoms with Gasteiger partial charge in [-0.25, -0.2) is 0 Å². The van der Waals surface area contributed by atoms with Crippen LogP contribution in [0, 0.1) is 5.92 Å². The molecular weight excluding hydrogens is 148 g/mol. The van der Waals surface area contributed by atoms with Crippen LogP contribution in [0.15, 0.2) is 12.2 Å². The highest BCUT2D eigenvalue weighted by Crippen LogP contribution is 2.10. The Morgan fingerprint density at radius 1 is 1.58 bits per heavy atom. The van der Waals surface area contributed by atoms with Crippen molar-refractivity contribution in [2.75, 3.05) is 26.7 Å². The average Bonchev–Trinajstić information content (AvgIpc) is 2.14. The summed E-state index contributed by atoms with van der Waals surface area (Å²) in [7, 11) is 2.00. The van der Waals surface area contributed by atoms with Crippen LogP contribution in [0.5, 0.6) is 0 Å². The molecule has 0 spiro atoms. The van der Waals surface area contributed by atoms with E-state index in [1.807, 2.05) is 7.05 Å². The number of hydrogen-bond donors (Lipinski definition) is 2. The zero-order valence-electron chi connectivity index (χ0n) is 7.97. The summed E-state index contributed by atoms with van der Waals surface area (Å²) in [6, 6.07) is 0. The third kappa shape index (κ3) is 3.88. The van der Waals surface area contributed by atoms with Crippen LogP contribution in [0.4, 0.5) is 0 Å². The second-order valence-corrected chi connectivity index (χ2v) is 3.43. The van der Waals surface area contributed by atoms with Crippen LogP contribution in [-0.2, 0) is 0 Å². The van der Waals surface area contributed by atoms with Gasteiger partial charge in [0.1, 0.15) is 0 Å².